The summed E-state index contributed by atoms with van der Waals surface area (Å²) in [5.41, 5.74) is 2.01. The second-order valence-electron chi connectivity index (χ2n) is 4.67. The van der Waals surface area contributed by atoms with Crippen molar-refractivity contribution in [3.8, 4) is 5.75 Å². The Kier molecular flexibility index (Phi) is 3.49. The maximum Gasteiger partial charge on any atom is 0.127 e. The van der Waals surface area contributed by atoms with Crippen LogP contribution in [0, 0.1) is 0 Å². The van der Waals surface area contributed by atoms with E-state index in [1.54, 1.807) is 11.8 Å². The molecular formula is C16H16O2S. The smallest absolute Gasteiger partial charge is 0.127 e. The maximum atomic E-state index is 10.2. The molecule has 3 rings (SSSR count). The molecule has 1 aliphatic rings. The highest BCUT2D eigenvalue weighted by Gasteiger charge is 2.27. The van der Waals surface area contributed by atoms with E-state index in [0.29, 0.717) is 6.42 Å². The summed E-state index contributed by atoms with van der Waals surface area (Å²) in [5.74, 6) is 0.792. The van der Waals surface area contributed by atoms with E-state index in [1.807, 2.05) is 24.3 Å². The van der Waals surface area contributed by atoms with Gasteiger partial charge >= 0.3 is 0 Å². The molecule has 2 atom stereocenters. The molecule has 0 aromatic heterocycles. The average molecular weight is 272 g/mol. The van der Waals surface area contributed by atoms with Gasteiger partial charge in [-0.2, -0.15) is 0 Å². The number of thioether (sulfide) groups is 1. The summed E-state index contributed by atoms with van der Waals surface area (Å²) in [6.45, 7) is 0. The van der Waals surface area contributed by atoms with Crippen molar-refractivity contribution in [3.63, 3.8) is 0 Å². The monoisotopic (exact) mass is 272 g/mol. The van der Waals surface area contributed by atoms with Crippen LogP contribution in [0.5, 0.6) is 5.75 Å². The van der Waals surface area contributed by atoms with Gasteiger partial charge in [0.2, 0.25) is 0 Å². The van der Waals surface area contributed by atoms with Crippen molar-refractivity contribution in [1.29, 1.82) is 0 Å². The van der Waals surface area contributed by atoms with Gasteiger partial charge in [-0.25, -0.2) is 0 Å². The molecule has 2 aromatic carbocycles. The number of benzene rings is 2. The van der Waals surface area contributed by atoms with Crippen molar-refractivity contribution >= 4 is 11.8 Å². The van der Waals surface area contributed by atoms with Gasteiger partial charge in [-0.1, -0.05) is 30.3 Å². The first kappa shape index (κ1) is 12.6. The first-order chi connectivity index (χ1) is 9.28. The molecule has 1 aliphatic heterocycles. The van der Waals surface area contributed by atoms with Gasteiger partial charge in [0.25, 0.3) is 0 Å². The number of para-hydroxylation sites is 1. The standard InChI is InChI=1S/C16H16O2S/c1-19-12-8-6-11(7-9-12)16-10-14(17)13-4-2-3-5-15(13)18-16/h2-9,14,16-17H,10H2,1H3/t14-,16?/m0/s1. The predicted molar refractivity (Wildman–Crippen MR) is 77.6 cm³/mol. The quantitative estimate of drug-likeness (QED) is 0.839. The van der Waals surface area contributed by atoms with Crippen molar-refractivity contribution in [1.82, 2.24) is 0 Å². The maximum absolute atomic E-state index is 10.2. The fraction of sp³-hybridized carbons (Fsp3) is 0.250. The summed E-state index contributed by atoms with van der Waals surface area (Å²) in [6, 6.07) is 16.1. The minimum Gasteiger partial charge on any atom is -0.485 e. The number of ether oxygens (including phenoxy) is 1. The molecule has 0 bridgehead atoms. The van der Waals surface area contributed by atoms with Crippen LogP contribution in [0.25, 0.3) is 0 Å². The number of rotatable bonds is 2. The van der Waals surface area contributed by atoms with Crippen molar-refractivity contribution in [3.05, 3.63) is 59.7 Å². The summed E-state index contributed by atoms with van der Waals surface area (Å²) in [5, 5.41) is 10.2. The van der Waals surface area contributed by atoms with Gasteiger partial charge in [-0.15, -0.1) is 11.8 Å². The van der Waals surface area contributed by atoms with E-state index >= 15 is 0 Å². The number of fused-ring (bicyclic) bond motifs is 1. The molecule has 3 heteroatoms. The molecule has 2 aromatic rings. The molecule has 2 nitrogen and oxygen atoms in total. The molecule has 1 N–H and O–H groups in total. The minimum absolute atomic E-state index is 0.0687. The van der Waals surface area contributed by atoms with Crippen LogP contribution in [0.3, 0.4) is 0 Å². The Balaban J connectivity index is 1.87. The Morgan fingerprint density at radius 2 is 1.84 bits per heavy atom. The number of hydrogen-bond acceptors (Lipinski definition) is 3. The van der Waals surface area contributed by atoms with E-state index in [1.165, 1.54) is 4.90 Å². The molecule has 0 aliphatic carbocycles. The van der Waals surface area contributed by atoms with Gasteiger partial charge < -0.3 is 9.84 Å². The lowest BCUT2D eigenvalue weighted by Gasteiger charge is -2.29. The van der Waals surface area contributed by atoms with Crippen LogP contribution in [-0.4, -0.2) is 11.4 Å². The second kappa shape index (κ2) is 5.27. The SMILES string of the molecule is CSc1ccc(C2C[C@H](O)c3ccccc3O2)cc1. The summed E-state index contributed by atoms with van der Waals surface area (Å²) in [6.07, 6.45) is 2.15. The molecule has 1 unspecified atom stereocenters. The Labute approximate surface area is 117 Å². The molecule has 0 fully saturated rings. The fourth-order valence-electron chi connectivity index (χ4n) is 2.42. The topological polar surface area (TPSA) is 29.5 Å². The number of hydrogen-bond donors (Lipinski definition) is 1. The van der Waals surface area contributed by atoms with Gasteiger partial charge in [-0.3, -0.25) is 0 Å². The average Bonchev–Trinajstić information content (AvgIpc) is 2.47. The summed E-state index contributed by atoms with van der Waals surface area (Å²) >= 11 is 1.72. The lowest BCUT2D eigenvalue weighted by molar-refractivity contribution is 0.0657. The molecule has 19 heavy (non-hydrogen) atoms. The first-order valence-corrected chi connectivity index (χ1v) is 7.58. The molecular weight excluding hydrogens is 256 g/mol. The third-order valence-corrected chi connectivity index (χ3v) is 4.22. The Morgan fingerprint density at radius 3 is 2.58 bits per heavy atom. The third kappa shape index (κ3) is 2.48. The molecule has 0 radical (unpaired) electrons. The molecule has 1 heterocycles. The van der Waals surface area contributed by atoms with Crippen molar-refractivity contribution in [2.45, 2.75) is 23.5 Å². The van der Waals surface area contributed by atoms with Crippen molar-refractivity contribution in [2.24, 2.45) is 0 Å². The Hall–Kier alpha value is -1.45. The summed E-state index contributed by atoms with van der Waals surface area (Å²) < 4.78 is 6.00. The van der Waals surface area contributed by atoms with Crippen LogP contribution < -0.4 is 4.74 Å². The van der Waals surface area contributed by atoms with Gasteiger partial charge in [0.1, 0.15) is 11.9 Å². The molecule has 0 spiro atoms. The van der Waals surface area contributed by atoms with Gasteiger partial charge in [-0.05, 0) is 30.0 Å². The molecule has 0 saturated heterocycles. The van der Waals surface area contributed by atoms with Crippen molar-refractivity contribution in [2.75, 3.05) is 6.26 Å². The van der Waals surface area contributed by atoms with E-state index in [0.717, 1.165) is 16.9 Å². The highest BCUT2D eigenvalue weighted by molar-refractivity contribution is 7.98. The predicted octanol–water partition coefficient (Wildman–Crippen LogP) is 3.97. The van der Waals surface area contributed by atoms with Crippen LogP contribution in [0.4, 0.5) is 0 Å². The highest BCUT2D eigenvalue weighted by atomic mass is 32.2. The van der Waals surface area contributed by atoms with Crippen LogP contribution in [0.2, 0.25) is 0 Å². The summed E-state index contributed by atoms with van der Waals surface area (Å²) in [4.78, 5) is 1.24. The van der Waals surface area contributed by atoms with E-state index in [-0.39, 0.29) is 6.10 Å². The molecule has 0 amide bonds. The zero-order valence-electron chi connectivity index (χ0n) is 10.7. The zero-order valence-corrected chi connectivity index (χ0v) is 11.6. The van der Waals surface area contributed by atoms with Gasteiger partial charge in [0, 0.05) is 16.9 Å². The van der Waals surface area contributed by atoms with E-state index in [4.69, 9.17) is 4.74 Å². The molecule has 0 saturated carbocycles. The third-order valence-electron chi connectivity index (χ3n) is 3.47. The van der Waals surface area contributed by atoms with Crippen LogP contribution in [0.15, 0.2) is 53.4 Å². The molecule has 98 valence electrons. The van der Waals surface area contributed by atoms with Gasteiger partial charge in [0.05, 0.1) is 6.10 Å². The van der Waals surface area contributed by atoms with E-state index in [9.17, 15) is 5.11 Å². The zero-order chi connectivity index (χ0) is 13.2. The van der Waals surface area contributed by atoms with Crippen LogP contribution in [0.1, 0.15) is 29.8 Å². The van der Waals surface area contributed by atoms with E-state index < -0.39 is 6.10 Å². The van der Waals surface area contributed by atoms with E-state index in [2.05, 4.69) is 30.5 Å². The number of aliphatic hydroxyl groups is 1. The van der Waals surface area contributed by atoms with Crippen molar-refractivity contribution < 1.29 is 9.84 Å². The second-order valence-corrected chi connectivity index (χ2v) is 5.55. The minimum atomic E-state index is -0.449. The first-order valence-electron chi connectivity index (χ1n) is 6.35. The van der Waals surface area contributed by atoms with Crippen LogP contribution in [-0.2, 0) is 0 Å². The fourth-order valence-corrected chi connectivity index (χ4v) is 2.83. The Bertz CT molecular complexity index is 565. The van der Waals surface area contributed by atoms with Gasteiger partial charge in [0.15, 0.2) is 0 Å². The lowest BCUT2D eigenvalue weighted by atomic mass is 9.95. The normalized spacial score (nSPS) is 21.6. The van der Waals surface area contributed by atoms with Crippen LogP contribution >= 0.6 is 11.8 Å². The summed E-state index contributed by atoms with van der Waals surface area (Å²) in [7, 11) is 0. The largest absolute Gasteiger partial charge is 0.485 e. The highest BCUT2D eigenvalue weighted by Crippen LogP contribution is 2.40. The number of aliphatic hydroxyl groups excluding tert-OH is 1. The Morgan fingerprint density at radius 1 is 1.11 bits per heavy atom. The lowest BCUT2D eigenvalue weighted by Crippen LogP contribution is -2.18.